The van der Waals surface area contributed by atoms with Crippen molar-refractivity contribution in [3.05, 3.63) is 59.2 Å². The number of alkyl halides is 2. The summed E-state index contributed by atoms with van der Waals surface area (Å²) in [6.07, 6.45) is -1.48. The fourth-order valence-electron chi connectivity index (χ4n) is 3.83. The van der Waals surface area contributed by atoms with Gasteiger partial charge in [-0.25, -0.2) is 26.6 Å². The Morgan fingerprint density at radius 2 is 2.06 bits per heavy atom. The molecular weight excluding hydrogens is 435 g/mol. The number of aromatic nitrogens is 1. The first-order valence-corrected chi connectivity index (χ1v) is 11.2. The van der Waals surface area contributed by atoms with Crippen molar-refractivity contribution < 1.29 is 31.1 Å². The Morgan fingerprint density at radius 1 is 1.32 bits per heavy atom. The molecule has 7 nitrogen and oxygen atoms in total. The number of hydrogen-bond donors (Lipinski definition) is 1. The lowest BCUT2D eigenvalue weighted by Crippen LogP contribution is -2.43. The molecule has 1 aliphatic heterocycles. The van der Waals surface area contributed by atoms with Gasteiger partial charge >= 0.3 is 0 Å². The molecule has 1 aromatic carbocycles. The van der Waals surface area contributed by atoms with E-state index in [1.54, 1.807) is 0 Å². The van der Waals surface area contributed by atoms with Crippen LogP contribution < -0.4 is 5.73 Å². The number of sulfone groups is 1. The lowest BCUT2D eigenvalue weighted by atomic mass is 9.83. The standard InChI is InChI=1S/C20H18F3N3O4S/c1-31(28,29)11-3-5-15(25-9-11)16(27)7-10-2-4-14(21)12(6-10)20(18(22)23)13-8-17(13)30-19(24)26-20/h2-6,9,13,17-18H,7-8H2,1H3,(H2,24,26)/t13-,17+,20+/m0/s1. The van der Waals surface area contributed by atoms with E-state index in [9.17, 15) is 26.4 Å². The second-order valence-electron chi connectivity index (χ2n) is 7.64. The summed E-state index contributed by atoms with van der Waals surface area (Å²) in [7, 11) is -3.47. The third-order valence-corrected chi connectivity index (χ3v) is 6.57. The van der Waals surface area contributed by atoms with Crippen LogP contribution >= 0.6 is 0 Å². The zero-order valence-electron chi connectivity index (χ0n) is 16.3. The van der Waals surface area contributed by atoms with Gasteiger partial charge in [0.05, 0.1) is 4.90 Å². The monoisotopic (exact) mass is 453 g/mol. The van der Waals surface area contributed by atoms with Crippen LogP contribution in [-0.4, -0.2) is 44.0 Å². The normalized spacial score (nSPS) is 24.9. The smallest absolute Gasteiger partial charge is 0.283 e. The molecule has 0 unspecified atom stereocenters. The molecule has 0 bridgehead atoms. The third-order valence-electron chi connectivity index (χ3n) is 5.47. The number of rotatable bonds is 6. The van der Waals surface area contributed by atoms with E-state index in [1.807, 2.05) is 0 Å². The van der Waals surface area contributed by atoms with E-state index in [0.717, 1.165) is 18.5 Å². The predicted octanol–water partition coefficient (Wildman–Crippen LogP) is 2.24. The molecule has 0 saturated heterocycles. The SMILES string of the molecule is CS(=O)(=O)c1ccc(C(=O)Cc2ccc(F)c([C@@]3(C(F)F)N=C(N)O[C@@H]4C[C@@H]43)c2)nc1. The Kier molecular flexibility index (Phi) is 5.03. The van der Waals surface area contributed by atoms with Crippen LogP contribution in [0.3, 0.4) is 0 Å². The van der Waals surface area contributed by atoms with Crippen LogP contribution in [0.2, 0.25) is 0 Å². The van der Waals surface area contributed by atoms with E-state index in [4.69, 9.17) is 10.5 Å². The maximum Gasteiger partial charge on any atom is 0.283 e. The number of fused-ring (bicyclic) bond motifs is 1. The number of ether oxygens (including phenoxy) is 1. The van der Waals surface area contributed by atoms with Crippen LogP contribution in [0, 0.1) is 11.7 Å². The van der Waals surface area contributed by atoms with Crippen molar-refractivity contribution in [2.24, 2.45) is 16.6 Å². The van der Waals surface area contributed by atoms with E-state index in [2.05, 4.69) is 9.98 Å². The van der Waals surface area contributed by atoms with Gasteiger partial charge in [-0.3, -0.25) is 9.78 Å². The fraction of sp³-hybridized carbons (Fsp3) is 0.350. The van der Waals surface area contributed by atoms with Gasteiger partial charge in [0.1, 0.15) is 17.6 Å². The average molecular weight is 453 g/mol. The van der Waals surface area contributed by atoms with Crippen molar-refractivity contribution in [3.63, 3.8) is 0 Å². The first-order valence-electron chi connectivity index (χ1n) is 9.30. The van der Waals surface area contributed by atoms with Crippen LogP contribution in [0.4, 0.5) is 13.2 Å². The van der Waals surface area contributed by atoms with Gasteiger partial charge in [0, 0.05) is 30.4 Å². The van der Waals surface area contributed by atoms with Gasteiger partial charge in [0.25, 0.3) is 12.4 Å². The highest BCUT2D eigenvalue weighted by Gasteiger charge is 2.64. The zero-order chi connectivity index (χ0) is 22.6. The Hall–Kier alpha value is -2.95. The second kappa shape index (κ2) is 7.33. The molecule has 2 N–H and O–H groups in total. The van der Waals surface area contributed by atoms with Gasteiger partial charge in [-0.05, 0) is 36.2 Å². The van der Waals surface area contributed by atoms with Crippen molar-refractivity contribution in [2.75, 3.05) is 6.26 Å². The number of ketones is 1. The van der Waals surface area contributed by atoms with Gasteiger partial charge in [0.15, 0.2) is 21.2 Å². The highest BCUT2D eigenvalue weighted by molar-refractivity contribution is 7.90. The van der Waals surface area contributed by atoms with Crippen molar-refractivity contribution in [2.45, 2.75) is 35.8 Å². The van der Waals surface area contributed by atoms with E-state index >= 15 is 0 Å². The van der Waals surface area contributed by atoms with Gasteiger partial charge in [-0.1, -0.05) is 6.07 Å². The summed E-state index contributed by atoms with van der Waals surface area (Å²) in [5.41, 5.74) is 3.32. The number of aliphatic imine (C=N–C) groups is 1. The Balaban J connectivity index is 1.65. The van der Waals surface area contributed by atoms with Crippen LogP contribution in [-0.2, 0) is 26.5 Å². The molecule has 1 fully saturated rings. The molecule has 2 heterocycles. The van der Waals surface area contributed by atoms with Crippen LogP contribution in [0.1, 0.15) is 28.0 Å². The van der Waals surface area contributed by atoms with Crippen molar-refractivity contribution in [1.82, 2.24) is 4.98 Å². The molecule has 3 atom stereocenters. The van der Waals surface area contributed by atoms with E-state index < -0.39 is 51.4 Å². The fourth-order valence-corrected chi connectivity index (χ4v) is 4.39. The highest BCUT2D eigenvalue weighted by atomic mass is 32.2. The van der Waals surface area contributed by atoms with E-state index in [0.29, 0.717) is 0 Å². The van der Waals surface area contributed by atoms with Crippen LogP contribution in [0.15, 0.2) is 46.4 Å². The minimum absolute atomic E-state index is 0.00237. The maximum absolute atomic E-state index is 14.7. The molecule has 2 aromatic rings. The Morgan fingerprint density at radius 3 is 2.68 bits per heavy atom. The summed E-state index contributed by atoms with van der Waals surface area (Å²) in [5, 5.41) is 0. The van der Waals surface area contributed by atoms with E-state index in [-0.39, 0.29) is 34.6 Å². The molecule has 31 heavy (non-hydrogen) atoms. The largest absolute Gasteiger partial charge is 0.462 e. The predicted molar refractivity (Wildman–Crippen MR) is 104 cm³/mol. The van der Waals surface area contributed by atoms with Crippen LogP contribution in [0.25, 0.3) is 0 Å². The minimum Gasteiger partial charge on any atom is -0.462 e. The third kappa shape index (κ3) is 3.78. The lowest BCUT2D eigenvalue weighted by Gasteiger charge is -2.33. The number of amidine groups is 1. The Labute approximate surface area is 176 Å². The molecular formula is C20H18F3N3O4S. The number of pyridine rings is 1. The molecule has 164 valence electrons. The first kappa shape index (κ1) is 21.3. The van der Waals surface area contributed by atoms with Crippen LogP contribution in [0.5, 0.6) is 0 Å². The molecule has 1 aromatic heterocycles. The van der Waals surface area contributed by atoms with E-state index in [1.165, 1.54) is 24.3 Å². The van der Waals surface area contributed by atoms with Gasteiger partial charge in [-0.15, -0.1) is 0 Å². The number of Topliss-reactive ketones (excluding diaryl/α,β-unsaturated/α-hetero) is 1. The molecule has 1 saturated carbocycles. The summed E-state index contributed by atoms with van der Waals surface area (Å²) < 4.78 is 71.2. The lowest BCUT2D eigenvalue weighted by molar-refractivity contribution is 0.0176. The number of benzene rings is 1. The molecule has 0 spiro atoms. The summed E-state index contributed by atoms with van der Waals surface area (Å²) in [5.74, 6) is -2.08. The average Bonchev–Trinajstić information content (AvgIpc) is 3.47. The van der Waals surface area contributed by atoms with Crippen molar-refractivity contribution in [3.8, 4) is 0 Å². The number of hydrogen-bond acceptors (Lipinski definition) is 7. The molecule has 4 rings (SSSR count). The zero-order valence-corrected chi connectivity index (χ0v) is 17.1. The van der Waals surface area contributed by atoms with Gasteiger partial charge in [-0.2, -0.15) is 0 Å². The summed E-state index contributed by atoms with van der Waals surface area (Å²) >= 11 is 0. The van der Waals surface area contributed by atoms with Gasteiger partial charge in [0.2, 0.25) is 0 Å². The number of carbonyl (C=O) groups excluding carboxylic acids is 1. The minimum atomic E-state index is -3.47. The quantitative estimate of drug-likeness (QED) is 0.672. The van der Waals surface area contributed by atoms with Crippen molar-refractivity contribution >= 4 is 21.6 Å². The number of carbonyl (C=O) groups is 1. The Bertz CT molecular complexity index is 1180. The number of nitrogens with two attached hydrogens (primary N) is 1. The first-order chi connectivity index (χ1) is 14.5. The second-order valence-corrected chi connectivity index (χ2v) is 9.66. The number of halogens is 3. The highest BCUT2D eigenvalue weighted by Crippen LogP contribution is 2.56. The van der Waals surface area contributed by atoms with Gasteiger partial charge < -0.3 is 10.5 Å². The summed E-state index contributed by atoms with van der Waals surface area (Å²) in [6.45, 7) is 0. The van der Waals surface area contributed by atoms with Crippen molar-refractivity contribution in [1.29, 1.82) is 0 Å². The molecule has 0 amide bonds. The molecule has 11 heteroatoms. The summed E-state index contributed by atoms with van der Waals surface area (Å²) in [4.78, 5) is 20.2. The summed E-state index contributed by atoms with van der Waals surface area (Å²) in [6, 6.07) is 5.63. The number of nitrogens with zero attached hydrogens (tertiary/aromatic N) is 2. The molecule has 0 radical (unpaired) electrons. The molecule has 1 aliphatic carbocycles. The maximum atomic E-state index is 14.7. The molecule has 2 aliphatic rings. The topological polar surface area (TPSA) is 112 Å².